The van der Waals surface area contributed by atoms with E-state index in [-0.39, 0.29) is 0 Å². The molecule has 2 heterocycles. The van der Waals surface area contributed by atoms with Gasteiger partial charge in [0, 0.05) is 19.2 Å². The molecule has 0 aliphatic rings. The molecule has 32 heavy (non-hydrogen) atoms. The van der Waals surface area contributed by atoms with Crippen molar-refractivity contribution in [1.29, 1.82) is 0 Å². The summed E-state index contributed by atoms with van der Waals surface area (Å²) in [4.78, 5) is 23.5. The van der Waals surface area contributed by atoms with Crippen molar-refractivity contribution in [2.75, 3.05) is 0 Å². The monoisotopic (exact) mass is 472 g/mol. The predicted molar refractivity (Wildman–Crippen MR) is 127 cm³/mol. The third-order valence-electron chi connectivity index (χ3n) is 4.90. The van der Waals surface area contributed by atoms with Crippen LogP contribution in [0.2, 0.25) is 0 Å². The molecular formula is C22H24N4O4S2. The van der Waals surface area contributed by atoms with Gasteiger partial charge in [0.1, 0.15) is 0 Å². The third-order valence-corrected chi connectivity index (χ3v) is 7.47. The minimum absolute atomic E-state index is 0.421. The lowest BCUT2D eigenvalue weighted by atomic mass is 10.2. The smallest absolute Gasteiger partial charge is 0.339 e. The minimum Gasteiger partial charge on any atom is -0.350 e. The SMILES string of the molecule is C[C@@H](c1cc2ccccc2s1)N(O)C(N)=O.C[C@H](c1cc2ccccc2s1)N(O)C(N)=O. The number of carbonyl (C=O) groups is 2. The molecule has 0 aliphatic heterocycles. The van der Waals surface area contributed by atoms with Crippen molar-refractivity contribution in [2.45, 2.75) is 25.9 Å². The summed E-state index contributed by atoms with van der Waals surface area (Å²) in [7, 11) is 0. The van der Waals surface area contributed by atoms with Gasteiger partial charge in [0.2, 0.25) is 0 Å². The van der Waals surface area contributed by atoms with Crippen molar-refractivity contribution in [2.24, 2.45) is 11.5 Å². The molecule has 2 aromatic carbocycles. The zero-order valence-electron chi connectivity index (χ0n) is 17.5. The van der Waals surface area contributed by atoms with E-state index in [1.54, 1.807) is 36.5 Å². The van der Waals surface area contributed by atoms with Gasteiger partial charge in [-0.2, -0.15) is 10.1 Å². The number of primary amides is 2. The highest BCUT2D eigenvalue weighted by Gasteiger charge is 2.20. The molecule has 6 N–H and O–H groups in total. The number of hydrogen-bond acceptors (Lipinski definition) is 6. The van der Waals surface area contributed by atoms with Gasteiger partial charge in [0.05, 0.1) is 12.1 Å². The molecule has 0 saturated carbocycles. The standard InChI is InChI=1S/2C11H12N2O2S/c2*1-7(13(15)11(12)14)10-6-8-4-2-3-5-9(8)16-10/h2*2-7,15H,1H3,(H2,12,14)/t2*7-/m10/s1. The lowest BCUT2D eigenvalue weighted by Crippen LogP contribution is -2.34. The normalized spacial score (nSPS) is 12.6. The van der Waals surface area contributed by atoms with Crippen molar-refractivity contribution < 1.29 is 20.0 Å². The molecular weight excluding hydrogens is 448 g/mol. The molecule has 8 nitrogen and oxygen atoms in total. The first-order chi connectivity index (χ1) is 15.2. The van der Waals surface area contributed by atoms with Gasteiger partial charge in [0.25, 0.3) is 0 Å². The number of urea groups is 2. The van der Waals surface area contributed by atoms with Crippen molar-refractivity contribution in [3.8, 4) is 0 Å². The summed E-state index contributed by atoms with van der Waals surface area (Å²) in [5.74, 6) is 0. The lowest BCUT2D eigenvalue weighted by molar-refractivity contribution is -0.0700. The van der Waals surface area contributed by atoms with E-state index in [4.69, 9.17) is 11.5 Å². The van der Waals surface area contributed by atoms with Crippen LogP contribution in [0.5, 0.6) is 0 Å². The van der Waals surface area contributed by atoms with Gasteiger partial charge in [0.15, 0.2) is 0 Å². The van der Waals surface area contributed by atoms with E-state index in [0.717, 1.165) is 29.9 Å². The van der Waals surface area contributed by atoms with Crippen LogP contribution in [-0.2, 0) is 0 Å². The van der Waals surface area contributed by atoms with Crippen molar-refractivity contribution in [3.63, 3.8) is 0 Å². The maximum Gasteiger partial charge on any atom is 0.339 e. The predicted octanol–water partition coefficient (Wildman–Crippen LogP) is 5.46. The van der Waals surface area contributed by atoms with Crippen LogP contribution >= 0.6 is 22.7 Å². The summed E-state index contributed by atoms with van der Waals surface area (Å²) in [6.45, 7) is 3.46. The number of thiophene rings is 2. The fourth-order valence-corrected chi connectivity index (χ4v) is 5.24. The Morgan fingerprint density at radius 2 is 1.09 bits per heavy atom. The zero-order valence-corrected chi connectivity index (χ0v) is 19.1. The molecule has 4 aromatic rings. The van der Waals surface area contributed by atoms with Crippen LogP contribution in [0.4, 0.5) is 9.59 Å². The van der Waals surface area contributed by atoms with E-state index in [0.29, 0.717) is 10.1 Å². The molecule has 10 heteroatoms. The van der Waals surface area contributed by atoms with Gasteiger partial charge in [-0.25, -0.2) is 9.59 Å². The first kappa shape index (κ1) is 23.5. The maximum absolute atomic E-state index is 10.8. The Balaban J connectivity index is 0.000000181. The average Bonchev–Trinajstić information content (AvgIpc) is 3.41. The van der Waals surface area contributed by atoms with Gasteiger partial charge in [-0.05, 0) is 48.9 Å². The van der Waals surface area contributed by atoms with Gasteiger partial charge < -0.3 is 11.5 Å². The van der Waals surface area contributed by atoms with E-state index in [1.165, 1.54) is 0 Å². The lowest BCUT2D eigenvalue weighted by Gasteiger charge is -2.18. The van der Waals surface area contributed by atoms with Crippen molar-refractivity contribution in [1.82, 2.24) is 10.1 Å². The molecule has 4 rings (SSSR count). The van der Waals surface area contributed by atoms with Crippen LogP contribution < -0.4 is 11.5 Å². The quantitative estimate of drug-likeness (QED) is 0.232. The van der Waals surface area contributed by atoms with Crippen LogP contribution in [0.1, 0.15) is 35.7 Å². The Labute approximate surface area is 192 Å². The number of benzene rings is 2. The Kier molecular flexibility index (Phi) is 7.31. The molecule has 4 amide bonds. The Morgan fingerprint density at radius 3 is 1.41 bits per heavy atom. The number of rotatable bonds is 4. The van der Waals surface area contributed by atoms with E-state index < -0.39 is 24.1 Å². The number of nitrogens with zero attached hydrogens (tertiary/aromatic N) is 2. The summed E-state index contributed by atoms with van der Waals surface area (Å²) < 4.78 is 2.25. The minimum atomic E-state index is -0.843. The highest BCUT2D eigenvalue weighted by Crippen LogP contribution is 2.32. The summed E-state index contributed by atoms with van der Waals surface area (Å²) in [5.41, 5.74) is 10.0. The van der Waals surface area contributed by atoms with Crippen LogP contribution in [-0.4, -0.2) is 32.6 Å². The number of fused-ring (bicyclic) bond motifs is 2. The van der Waals surface area contributed by atoms with E-state index >= 15 is 0 Å². The molecule has 0 bridgehead atoms. The largest absolute Gasteiger partial charge is 0.350 e. The average molecular weight is 473 g/mol. The number of nitrogens with two attached hydrogens (primary N) is 2. The molecule has 0 spiro atoms. The molecule has 2 aromatic heterocycles. The molecule has 2 atom stereocenters. The summed E-state index contributed by atoms with van der Waals surface area (Å²) in [6, 6.07) is 17.2. The molecule has 0 aliphatic carbocycles. The first-order valence-electron chi connectivity index (χ1n) is 9.71. The summed E-state index contributed by atoms with van der Waals surface area (Å²) in [5, 5.41) is 22.2. The topological polar surface area (TPSA) is 133 Å². The van der Waals surface area contributed by atoms with Crippen LogP contribution in [0.3, 0.4) is 0 Å². The molecule has 0 radical (unpaired) electrons. The number of carbonyl (C=O) groups excluding carboxylic acids is 2. The highest BCUT2D eigenvalue weighted by molar-refractivity contribution is 7.19. The Bertz CT molecular complexity index is 1080. The summed E-state index contributed by atoms with van der Waals surface area (Å²) >= 11 is 3.08. The van der Waals surface area contributed by atoms with Crippen molar-refractivity contribution >= 4 is 54.9 Å². The molecule has 0 saturated heterocycles. The Hall–Kier alpha value is -3.18. The second-order valence-electron chi connectivity index (χ2n) is 7.09. The zero-order chi connectivity index (χ0) is 23.4. The molecule has 168 valence electrons. The summed E-state index contributed by atoms with van der Waals surface area (Å²) in [6.07, 6.45) is 0. The molecule has 0 fully saturated rings. The van der Waals surface area contributed by atoms with E-state index in [9.17, 15) is 20.0 Å². The van der Waals surface area contributed by atoms with Crippen LogP contribution in [0.15, 0.2) is 60.7 Å². The fraction of sp³-hybridized carbons (Fsp3) is 0.182. The van der Waals surface area contributed by atoms with Crippen LogP contribution in [0, 0.1) is 0 Å². The number of amides is 4. The Morgan fingerprint density at radius 1 is 0.750 bits per heavy atom. The second kappa shape index (κ2) is 9.96. The number of hydroxylamine groups is 4. The van der Waals surface area contributed by atoms with Gasteiger partial charge in [-0.3, -0.25) is 10.4 Å². The van der Waals surface area contributed by atoms with E-state index in [2.05, 4.69) is 0 Å². The maximum atomic E-state index is 10.8. The van der Waals surface area contributed by atoms with Gasteiger partial charge in [-0.1, -0.05) is 36.4 Å². The molecule has 0 unspecified atom stereocenters. The first-order valence-corrected chi connectivity index (χ1v) is 11.3. The van der Waals surface area contributed by atoms with Crippen LogP contribution in [0.25, 0.3) is 20.2 Å². The second-order valence-corrected chi connectivity index (χ2v) is 9.32. The van der Waals surface area contributed by atoms with E-state index in [1.807, 2.05) is 60.7 Å². The third kappa shape index (κ3) is 5.17. The highest BCUT2D eigenvalue weighted by atomic mass is 32.1. The van der Waals surface area contributed by atoms with Crippen molar-refractivity contribution in [3.05, 3.63) is 70.4 Å². The fourth-order valence-electron chi connectivity index (χ4n) is 3.04. The number of hydrogen-bond donors (Lipinski definition) is 4. The van der Waals surface area contributed by atoms with Gasteiger partial charge in [-0.15, -0.1) is 22.7 Å². The van der Waals surface area contributed by atoms with Gasteiger partial charge >= 0.3 is 12.1 Å².